The molecule has 0 unspecified atom stereocenters. The molecule has 70 valence electrons. The van der Waals surface area contributed by atoms with E-state index in [2.05, 4.69) is 10.1 Å². The fourth-order valence-corrected chi connectivity index (χ4v) is 1.25. The normalized spacial score (nSPS) is 25.8. The zero-order valence-corrected chi connectivity index (χ0v) is 7.07. The molecule has 12 heavy (non-hydrogen) atoms. The number of rotatable bonds is 2. The summed E-state index contributed by atoms with van der Waals surface area (Å²) in [5, 5.41) is 21.1. The van der Waals surface area contributed by atoms with Gasteiger partial charge in [-0.1, -0.05) is 0 Å². The van der Waals surface area contributed by atoms with Crippen molar-refractivity contribution >= 4 is 6.09 Å². The van der Waals surface area contributed by atoms with Gasteiger partial charge in [-0.15, -0.1) is 0 Å². The van der Waals surface area contributed by atoms with Crippen molar-refractivity contribution in [2.75, 3.05) is 6.61 Å². The van der Waals surface area contributed by atoms with Crippen LogP contribution in [0, 0.1) is 0 Å². The molecule has 3 N–H and O–H groups in total. The maximum absolute atomic E-state index is 10.7. The number of aliphatic hydroxyl groups excluding tert-OH is 2. The third-order valence-corrected chi connectivity index (χ3v) is 2.27. The lowest BCUT2D eigenvalue weighted by molar-refractivity contribution is -0.00988. The number of carbonyl (C=O) groups is 1. The minimum absolute atomic E-state index is 0.00116. The van der Waals surface area contributed by atoms with Gasteiger partial charge in [0.05, 0.1) is 12.2 Å². The number of amides is 1. The summed E-state index contributed by atoms with van der Waals surface area (Å²) < 4.78 is 4.62. The lowest BCUT2D eigenvalue weighted by Crippen LogP contribution is -2.59. The number of cyclic esters (lactones) is 1. The Morgan fingerprint density at radius 2 is 2.00 bits per heavy atom. The van der Waals surface area contributed by atoms with Crippen LogP contribution in [0.25, 0.3) is 0 Å². The first kappa shape index (κ1) is 9.28. The van der Waals surface area contributed by atoms with Crippen molar-refractivity contribution < 1.29 is 19.7 Å². The smallest absolute Gasteiger partial charge is 0.407 e. The molecule has 0 aromatic rings. The van der Waals surface area contributed by atoms with E-state index in [0.717, 1.165) is 0 Å². The molecule has 0 aliphatic carbocycles. The van der Waals surface area contributed by atoms with E-state index in [1.165, 1.54) is 13.8 Å². The van der Waals surface area contributed by atoms with Crippen LogP contribution in [0.1, 0.15) is 13.8 Å². The largest absolute Gasteiger partial charge is 0.447 e. The molecule has 1 aliphatic rings. The van der Waals surface area contributed by atoms with Crippen molar-refractivity contribution in [1.82, 2.24) is 5.32 Å². The average molecular weight is 175 g/mol. The van der Waals surface area contributed by atoms with Gasteiger partial charge in [0.25, 0.3) is 0 Å². The van der Waals surface area contributed by atoms with Crippen molar-refractivity contribution in [2.24, 2.45) is 0 Å². The van der Waals surface area contributed by atoms with Crippen LogP contribution in [0.15, 0.2) is 0 Å². The van der Waals surface area contributed by atoms with Crippen LogP contribution in [0.4, 0.5) is 4.79 Å². The highest BCUT2D eigenvalue weighted by Gasteiger charge is 2.47. The summed E-state index contributed by atoms with van der Waals surface area (Å²) in [6.45, 7) is 3.00. The predicted octanol–water partition coefficient (Wildman–Crippen LogP) is -0.773. The van der Waals surface area contributed by atoms with Gasteiger partial charge in [0.1, 0.15) is 12.1 Å². The zero-order chi connectivity index (χ0) is 9.35. The topological polar surface area (TPSA) is 78.8 Å². The molecule has 0 spiro atoms. The van der Waals surface area contributed by atoms with E-state index in [4.69, 9.17) is 0 Å². The molecule has 1 saturated heterocycles. The third kappa shape index (κ3) is 1.25. The number of hydrogen-bond donors (Lipinski definition) is 3. The SMILES string of the molecule is C[C@@H](O)C1([C@@H](C)O)COC(=O)N1. The first-order chi connectivity index (χ1) is 5.49. The standard InChI is InChI=1S/C7H13NO4/c1-4(9)7(5(2)10)3-12-6(11)8-7/h4-5,9-10H,3H2,1-2H3,(H,8,11)/t4-,5-/m1/s1. The monoisotopic (exact) mass is 175 g/mol. The predicted molar refractivity (Wildman–Crippen MR) is 40.6 cm³/mol. The van der Waals surface area contributed by atoms with Crippen molar-refractivity contribution in [3.05, 3.63) is 0 Å². The maximum atomic E-state index is 10.7. The van der Waals surface area contributed by atoms with Gasteiger partial charge in [0, 0.05) is 0 Å². The highest BCUT2D eigenvalue weighted by Crippen LogP contribution is 2.21. The van der Waals surface area contributed by atoms with Crippen LogP contribution in [0.5, 0.6) is 0 Å². The summed E-state index contributed by atoms with van der Waals surface area (Å²) in [6, 6.07) is 0. The molecule has 1 heterocycles. The van der Waals surface area contributed by atoms with Gasteiger partial charge in [0.2, 0.25) is 0 Å². The molecule has 1 aliphatic heterocycles. The molecule has 0 bridgehead atoms. The minimum atomic E-state index is -1.04. The van der Waals surface area contributed by atoms with Crippen molar-refractivity contribution in [3.63, 3.8) is 0 Å². The quantitative estimate of drug-likeness (QED) is 0.514. The number of alkyl carbamates (subject to hydrolysis) is 1. The second-order valence-corrected chi connectivity index (χ2v) is 3.09. The summed E-state index contributed by atoms with van der Waals surface area (Å²) in [6.07, 6.45) is -2.29. The molecule has 5 heteroatoms. The van der Waals surface area contributed by atoms with E-state index in [-0.39, 0.29) is 6.61 Å². The van der Waals surface area contributed by atoms with Gasteiger partial charge in [0.15, 0.2) is 0 Å². The van der Waals surface area contributed by atoms with Crippen LogP contribution < -0.4 is 5.32 Å². The average Bonchev–Trinajstić information content (AvgIpc) is 2.32. The summed E-state index contributed by atoms with van der Waals surface area (Å²) in [4.78, 5) is 10.7. The second kappa shape index (κ2) is 2.91. The fraction of sp³-hybridized carbons (Fsp3) is 0.857. The Labute approximate surface area is 70.3 Å². The van der Waals surface area contributed by atoms with Gasteiger partial charge in [-0.2, -0.15) is 0 Å². The molecule has 0 aromatic heterocycles. The third-order valence-electron chi connectivity index (χ3n) is 2.27. The summed E-state index contributed by atoms with van der Waals surface area (Å²) in [7, 11) is 0. The molecule has 0 radical (unpaired) electrons. The van der Waals surface area contributed by atoms with Crippen molar-refractivity contribution in [3.8, 4) is 0 Å². The Balaban J connectivity index is 2.81. The Bertz CT molecular complexity index is 182. The molecular formula is C7H13NO4. The van der Waals surface area contributed by atoms with E-state index in [9.17, 15) is 15.0 Å². The number of aliphatic hydroxyl groups is 2. The van der Waals surface area contributed by atoms with E-state index in [1.54, 1.807) is 0 Å². The summed E-state index contributed by atoms with van der Waals surface area (Å²) >= 11 is 0. The summed E-state index contributed by atoms with van der Waals surface area (Å²) in [5.41, 5.74) is -1.04. The highest BCUT2D eigenvalue weighted by atomic mass is 16.6. The van der Waals surface area contributed by atoms with Crippen LogP contribution in [0.2, 0.25) is 0 Å². The second-order valence-electron chi connectivity index (χ2n) is 3.09. The van der Waals surface area contributed by atoms with Crippen LogP contribution >= 0.6 is 0 Å². The zero-order valence-electron chi connectivity index (χ0n) is 7.07. The Hall–Kier alpha value is -0.810. The van der Waals surface area contributed by atoms with E-state index >= 15 is 0 Å². The van der Waals surface area contributed by atoms with Gasteiger partial charge in [-0.25, -0.2) is 4.79 Å². The van der Waals surface area contributed by atoms with Gasteiger partial charge >= 0.3 is 6.09 Å². The molecule has 0 aromatic carbocycles. The minimum Gasteiger partial charge on any atom is -0.447 e. The first-order valence-corrected chi connectivity index (χ1v) is 3.80. The number of hydrogen-bond acceptors (Lipinski definition) is 4. The highest BCUT2D eigenvalue weighted by molar-refractivity contribution is 5.71. The Morgan fingerprint density at radius 1 is 1.50 bits per heavy atom. The summed E-state index contributed by atoms with van der Waals surface area (Å²) in [5.74, 6) is 0. The molecule has 0 saturated carbocycles. The number of carbonyl (C=O) groups excluding carboxylic acids is 1. The van der Waals surface area contributed by atoms with Gasteiger partial charge in [-0.05, 0) is 13.8 Å². The molecule has 5 nitrogen and oxygen atoms in total. The van der Waals surface area contributed by atoms with Crippen LogP contribution in [-0.2, 0) is 4.74 Å². The van der Waals surface area contributed by atoms with E-state index in [1.807, 2.05) is 0 Å². The van der Waals surface area contributed by atoms with Gasteiger partial charge in [-0.3, -0.25) is 0 Å². The van der Waals surface area contributed by atoms with Crippen molar-refractivity contribution in [2.45, 2.75) is 31.6 Å². The Morgan fingerprint density at radius 3 is 2.17 bits per heavy atom. The fourth-order valence-electron chi connectivity index (χ4n) is 1.25. The molecule has 1 amide bonds. The van der Waals surface area contributed by atoms with Gasteiger partial charge < -0.3 is 20.3 Å². The molecule has 1 rings (SSSR count). The lowest BCUT2D eigenvalue weighted by Gasteiger charge is -2.32. The molecular weight excluding hydrogens is 162 g/mol. The van der Waals surface area contributed by atoms with E-state index < -0.39 is 23.8 Å². The van der Waals surface area contributed by atoms with Crippen LogP contribution in [0.3, 0.4) is 0 Å². The number of ether oxygens (including phenoxy) is 1. The first-order valence-electron chi connectivity index (χ1n) is 3.80. The van der Waals surface area contributed by atoms with Crippen LogP contribution in [-0.4, -0.2) is 40.7 Å². The van der Waals surface area contributed by atoms with Crippen molar-refractivity contribution in [1.29, 1.82) is 0 Å². The Kier molecular flexibility index (Phi) is 2.25. The maximum Gasteiger partial charge on any atom is 0.407 e. The lowest BCUT2D eigenvalue weighted by atomic mass is 9.89. The molecule has 1 fully saturated rings. The molecule has 2 atom stereocenters. The number of nitrogens with one attached hydrogen (secondary N) is 1. The van der Waals surface area contributed by atoms with E-state index in [0.29, 0.717) is 0 Å².